The van der Waals surface area contributed by atoms with Crippen molar-refractivity contribution in [3.8, 4) is 0 Å². The molecule has 1 aromatic rings. The second kappa shape index (κ2) is 6.13. The molecule has 3 N–H and O–H groups in total. The van der Waals surface area contributed by atoms with Crippen LogP contribution in [0, 0.1) is 6.92 Å². The summed E-state index contributed by atoms with van der Waals surface area (Å²) in [6, 6.07) is 6.63. The van der Waals surface area contributed by atoms with Crippen LogP contribution in [0.2, 0.25) is 0 Å². The molecule has 0 amide bonds. The molecule has 3 heteroatoms. The van der Waals surface area contributed by atoms with Crippen molar-refractivity contribution < 1.29 is 0 Å². The van der Waals surface area contributed by atoms with Gasteiger partial charge in [0, 0.05) is 22.7 Å². The average Bonchev–Trinajstić information content (AvgIpc) is 2.14. The molecule has 0 aliphatic carbocycles. The zero-order valence-electron chi connectivity index (χ0n) is 9.39. The molecule has 15 heavy (non-hydrogen) atoms. The summed E-state index contributed by atoms with van der Waals surface area (Å²) in [4.78, 5) is 0. The van der Waals surface area contributed by atoms with Gasteiger partial charge >= 0.3 is 0 Å². The smallest absolute Gasteiger partial charge is 0.0484 e. The zero-order chi connectivity index (χ0) is 11.3. The van der Waals surface area contributed by atoms with Gasteiger partial charge in [0.05, 0.1) is 0 Å². The van der Waals surface area contributed by atoms with Gasteiger partial charge < -0.3 is 11.1 Å². The third-order valence-corrected chi connectivity index (χ3v) is 2.93. The number of nitrogens with one attached hydrogen (secondary N) is 1. The van der Waals surface area contributed by atoms with Crippen molar-refractivity contribution in [2.45, 2.75) is 32.7 Å². The number of benzene rings is 1. The Kier molecular flexibility index (Phi) is 5.12. The molecular weight excluding hydrogens is 252 g/mol. The summed E-state index contributed by atoms with van der Waals surface area (Å²) < 4.78 is 1.13. The molecular formula is C12H19BrN2. The van der Waals surface area contributed by atoms with E-state index in [2.05, 4.69) is 46.4 Å². The van der Waals surface area contributed by atoms with Crippen molar-refractivity contribution >= 4 is 21.6 Å². The third kappa shape index (κ3) is 4.67. The van der Waals surface area contributed by atoms with E-state index in [0.717, 1.165) is 29.5 Å². The maximum atomic E-state index is 5.68. The number of anilines is 1. The second-order valence-electron chi connectivity index (χ2n) is 4.03. The first kappa shape index (κ1) is 12.5. The molecule has 0 bridgehead atoms. The predicted molar refractivity (Wildman–Crippen MR) is 70.3 cm³/mol. The molecule has 2 nitrogen and oxygen atoms in total. The highest BCUT2D eigenvalue weighted by Crippen LogP contribution is 2.23. The average molecular weight is 271 g/mol. The van der Waals surface area contributed by atoms with Crippen LogP contribution in [-0.2, 0) is 0 Å². The first-order valence-electron chi connectivity index (χ1n) is 5.35. The Hall–Kier alpha value is -0.540. The highest BCUT2D eigenvalue weighted by Gasteiger charge is 1.99. The van der Waals surface area contributed by atoms with Crippen molar-refractivity contribution in [1.29, 1.82) is 0 Å². The van der Waals surface area contributed by atoms with Gasteiger partial charge in [-0.3, -0.25) is 0 Å². The number of aryl methyl sites for hydroxylation is 1. The molecule has 0 aliphatic rings. The van der Waals surface area contributed by atoms with Crippen molar-refractivity contribution in [2.24, 2.45) is 5.73 Å². The van der Waals surface area contributed by atoms with Crippen LogP contribution < -0.4 is 11.1 Å². The Morgan fingerprint density at radius 3 is 2.80 bits per heavy atom. The lowest BCUT2D eigenvalue weighted by molar-refractivity contribution is 0.639. The van der Waals surface area contributed by atoms with Crippen LogP contribution in [0.25, 0.3) is 0 Å². The van der Waals surface area contributed by atoms with Crippen LogP contribution in [0.1, 0.15) is 25.3 Å². The molecule has 0 fully saturated rings. The summed E-state index contributed by atoms with van der Waals surface area (Å²) in [7, 11) is 0. The fraction of sp³-hybridized carbons (Fsp3) is 0.500. The first-order valence-corrected chi connectivity index (χ1v) is 6.14. The number of hydrogen-bond donors (Lipinski definition) is 2. The molecule has 0 saturated heterocycles. The molecule has 0 radical (unpaired) electrons. The van der Waals surface area contributed by atoms with E-state index in [4.69, 9.17) is 5.73 Å². The van der Waals surface area contributed by atoms with Crippen molar-refractivity contribution in [3.05, 3.63) is 28.2 Å². The molecule has 0 aromatic heterocycles. The first-order chi connectivity index (χ1) is 7.09. The van der Waals surface area contributed by atoms with Gasteiger partial charge in [0.25, 0.3) is 0 Å². The SMILES string of the molecule is Cc1ccc(NCCCC(C)N)c(Br)c1. The second-order valence-corrected chi connectivity index (χ2v) is 4.88. The predicted octanol–water partition coefficient (Wildman–Crippen LogP) is 3.30. The summed E-state index contributed by atoms with van der Waals surface area (Å²) in [6.45, 7) is 5.11. The number of hydrogen-bond acceptors (Lipinski definition) is 2. The Balaban J connectivity index is 2.37. The van der Waals surface area contributed by atoms with Gasteiger partial charge in [-0.1, -0.05) is 6.07 Å². The quantitative estimate of drug-likeness (QED) is 0.806. The fourth-order valence-electron chi connectivity index (χ4n) is 1.41. The Morgan fingerprint density at radius 2 is 2.20 bits per heavy atom. The van der Waals surface area contributed by atoms with Crippen LogP contribution in [0.15, 0.2) is 22.7 Å². The van der Waals surface area contributed by atoms with Crippen LogP contribution in [0.4, 0.5) is 5.69 Å². The number of nitrogens with two attached hydrogens (primary N) is 1. The van der Waals surface area contributed by atoms with E-state index in [1.807, 2.05) is 6.92 Å². The lowest BCUT2D eigenvalue weighted by Crippen LogP contribution is -2.16. The monoisotopic (exact) mass is 270 g/mol. The molecule has 1 rings (SSSR count). The maximum Gasteiger partial charge on any atom is 0.0484 e. The number of rotatable bonds is 5. The van der Waals surface area contributed by atoms with Crippen molar-refractivity contribution in [2.75, 3.05) is 11.9 Å². The lowest BCUT2D eigenvalue weighted by Gasteiger charge is -2.10. The topological polar surface area (TPSA) is 38.0 Å². The summed E-state index contributed by atoms with van der Waals surface area (Å²) >= 11 is 3.54. The van der Waals surface area contributed by atoms with Crippen LogP contribution >= 0.6 is 15.9 Å². The van der Waals surface area contributed by atoms with E-state index in [1.54, 1.807) is 0 Å². The zero-order valence-corrected chi connectivity index (χ0v) is 11.0. The van der Waals surface area contributed by atoms with E-state index >= 15 is 0 Å². The van der Waals surface area contributed by atoms with Gasteiger partial charge in [-0.05, 0) is 60.3 Å². The van der Waals surface area contributed by atoms with Crippen LogP contribution in [0.3, 0.4) is 0 Å². The van der Waals surface area contributed by atoms with Crippen LogP contribution in [-0.4, -0.2) is 12.6 Å². The lowest BCUT2D eigenvalue weighted by atomic mass is 10.2. The van der Waals surface area contributed by atoms with Gasteiger partial charge in [0.2, 0.25) is 0 Å². The summed E-state index contributed by atoms with van der Waals surface area (Å²) in [6.07, 6.45) is 2.18. The van der Waals surface area contributed by atoms with Crippen molar-refractivity contribution in [1.82, 2.24) is 0 Å². The van der Waals surface area contributed by atoms with Gasteiger partial charge in [-0.25, -0.2) is 0 Å². The Labute approximate surface area is 100 Å². The molecule has 0 spiro atoms. The van der Waals surface area contributed by atoms with E-state index < -0.39 is 0 Å². The van der Waals surface area contributed by atoms with Gasteiger partial charge in [-0.15, -0.1) is 0 Å². The molecule has 0 heterocycles. The minimum absolute atomic E-state index is 0.299. The summed E-state index contributed by atoms with van der Waals surface area (Å²) in [5.74, 6) is 0. The largest absolute Gasteiger partial charge is 0.384 e. The Bertz CT molecular complexity index is 310. The van der Waals surface area contributed by atoms with E-state index in [9.17, 15) is 0 Å². The highest BCUT2D eigenvalue weighted by molar-refractivity contribution is 9.10. The van der Waals surface area contributed by atoms with Gasteiger partial charge in [0.15, 0.2) is 0 Å². The van der Waals surface area contributed by atoms with Gasteiger partial charge in [0.1, 0.15) is 0 Å². The normalized spacial score (nSPS) is 12.5. The third-order valence-electron chi connectivity index (χ3n) is 2.28. The molecule has 1 atom stereocenters. The highest BCUT2D eigenvalue weighted by atomic mass is 79.9. The molecule has 1 unspecified atom stereocenters. The van der Waals surface area contributed by atoms with E-state index in [-0.39, 0.29) is 0 Å². The standard InChI is InChI=1S/C12H19BrN2/c1-9-5-6-12(11(13)8-9)15-7-3-4-10(2)14/h5-6,8,10,15H,3-4,7,14H2,1-2H3. The summed E-state index contributed by atoms with van der Waals surface area (Å²) in [5, 5.41) is 3.39. The van der Waals surface area contributed by atoms with Crippen LogP contribution in [0.5, 0.6) is 0 Å². The Morgan fingerprint density at radius 1 is 1.47 bits per heavy atom. The molecule has 0 aliphatic heterocycles. The van der Waals surface area contributed by atoms with E-state index in [1.165, 1.54) is 5.56 Å². The molecule has 84 valence electrons. The van der Waals surface area contributed by atoms with E-state index in [0.29, 0.717) is 6.04 Å². The minimum Gasteiger partial charge on any atom is -0.384 e. The minimum atomic E-state index is 0.299. The summed E-state index contributed by atoms with van der Waals surface area (Å²) in [5.41, 5.74) is 8.11. The maximum absolute atomic E-state index is 5.68. The fourth-order valence-corrected chi connectivity index (χ4v) is 2.04. The molecule has 0 saturated carbocycles. The number of halogens is 1. The van der Waals surface area contributed by atoms with Gasteiger partial charge in [-0.2, -0.15) is 0 Å². The van der Waals surface area contributed by atoms with Crippen molar-refractivity contribution in [3.63, 3.8) is 0 Å². The molecule has 1 aromatic carbocycles.